The molecule has 4 heteroatoms. The van der Waals surface area contributed by atoms with Crippen molar-refractivity contribution in [2.24, 2.45) is 0 Å². The SMILES string of the molecule is COC(=O)c1[nH]c(C(C)=O)cc1C. The number of carbonyl (C=O) groups is 2. The van der Waals surface area contributed by atoms with Crippen molar-refractivity contribution in [3.63, 3.8) is 0 Å². The van der Waals surface area contributed by atoms with Crippen molar-refractivity contribution in [2.75, 3.05) is 7.11 Å². The highest BCUT2D eigenvalue weighted by Crippen LogP contribution is 2.11. The predicted molar refractivity (Wildman–Crippen MR) is 46.9 cm³/mol. The summed E-state index contributed by atoms with van der Waals surface area (Å²) < 4.78 is 4.53. The number of rotatable bonds is 2. The number of carbonyl (C=O) groups excluding carboxylic acids is 2. The number of aryl methyl sites for hydroxylation is 1. The van der Waals surface area contributed by atoms with Crippen LogP contribution in [0.25, 0.3) is 0 Å². The number of H-pyrrole nitrogens is 1. The van der Waals surface area contributed by atoms with E-state index in [-0.39, 0.29) is 5.78 Å². The molecule has 0 unspecified atom stereocenters. The Hall–Kier alpha value is -1.58. The van der Waals surface area contributed by atoms with Crippen molar-refractivity contribution in [1.29, 1.82) is 0 Å². The molecular weight excluding hydrogens is 170 g/mol. The zero-order chi connectivity index (χ0) is 10.0. The van der Waals surface area contributed by atoms with Gasteiger partial charge in [-0.25, -0.2) is 4.79 Å². The van der Waals surface area contributed by atoms with Gasteiger partial charge in [0.25, 0.3) is 0 Å². The first-order chi connectivity index (χ1) is 6.06. The molecule has 1 heterocycles. The van der Waals surface area contributed by atoms with E-state index in [0.29, 0.717) is 11.4 Å². The van der Waals surface area contributed by atoms with Gasteiger partial charge in [0.15, 0.2) is 5.78 Å². The zero-order valence-electron chi connectivity index (χ0n) is 7.80. The summed E-state index contributed by atoms with van der Waals surface area (Å²) in [5, 5.41) is 0. The molecular formula is C9H11NO3. The van der Waals surface area contributed by atoms with Gasteiger partial charge in [-0.3, -0.25) is 4.79 Å². The first kappa shape index (κ1) is 9.51. The third kappa shape index (κ3) is 1.77. The fourth-order valence-electron chi connectivity index (χ4n) is 1.06. The Bertz CT molecular complexity index is 352. The van der Waals surface area contributed by atoms with Crippen LogP contribution in [-0.2, 0) is 4.74 Å². The molecule has 0 aromatic carbocycles. The highest BCUT2D eigenvalue weighted by Gasteiger charge is 2.14. The van der Waals surface area contributed by atoms with E-state index in [9.17, 15) is 9.59 Å². The number of esters is 1. The molecule has 1 N–H and O–H groups in total. The first-order valence-electron chi connectivity index (χ1n) is 3.85. The summed E-state index contributed by atoms with van der Waals surface area (Å²) >= 11 is 0. The van der Waals surface area contributed by atoms with Crippen LogP contribution in [0.1, 0.15) is 33.5 Å². The summed E-state index contributed by atoms with van der Waals surface area (Å²) in [7, 11) is 1.30. The van der Waals surface area contributed by atoms with E-state index >= 15 is 0 Å². The van der Waals surface area contributed by atoms with Crippen LogP contribution < -0.4 is 0 Å². The molecule has 70 valence electrons. The standard InChI is InChI=1S/C9H11NO3/c1-5-4-7(6(2)11)10-8(5)9(12)13-3/h4,10H,1-3H3. The number of ketones is 1. The van der Waals surface area contributed by atoms with Crippen LogP contribution in [0.2, 0.25) is 0 Å². The van der Waals surface area contributed by atoms with Crippen LogP contribution in [0.3, 0.4) is 0 Å². The monoisotopic (exact) mass is 181 g/mol. The molecule has 0 radical (unpaired) electrons. The second-order valence-corrected chi connectivity index (χ2v) is 2.79. The van der Waals surface area contributed by atoms with E-state index in [1.54, 1.807) is 13.0 Å². The van der Waals surface area contributed by atoms with Gasteiger partial charge in [0.05, 0.1) is 12.8 Å². The summed E-state index contributed by atoms with van der Waals surface area (Å²) in [5.41, 5.74) is 1.49. The topological polar surface area (TPSA) is 59.2 Å². The maximum Gasteiger partial charge on any atom is 0.354 e. The van der Waals surface area contributed by atoms with Crippen molar-refractivity contribution in [3.8, 4) is 0 Å². The molecule has 0 saturated carbocycles. The molecule has 1 aromatic rings. The Labute approximate surface area is 75.9 Å². The molecule has 4 nitrogen and oxygen atoms in total. The van der Waals surface area contributed by atoms with Crippen molar-refractivity contribution in [3.05, 3.63) is 23.0 Å². The summed E-state index contributed by atoms with van der Waals surface area (Å²) in [6.45, 7) is 3.18. The lowest BCUT2D eigenvalue weighted by atomic mass is 10.2. The van der Waals surface area contributed by atoms with Crippen LogP contribution in [-0.4, -0.2) is 23.8 Å². The summed E-state index contributed by atoms with van der Waals surface area (Å²) in [4.78, 5) is 24.8. The highest BCUT2D eigenvalue weighted by atomic mass is 16.5. The largest absolute Gasteiger partial charge is 0.464 e. The van der Waals surface area contributed by atoms with Crippen LogP contribution in [0, 0.1) is 6.92 Å². The van der Waals surface area contributed by atoms with Gasteiger partial charge in [0.2, 0.25) is 0 Å². The molecule has 1 aromatic heterocycles. The number of methoxy groups -OCH3 is 1. The summed E-state index contributed by atoms with van der Waals surface area (Å²) in [5.74, 6) is -0.553. The van der Waals surface area contributed by atoms with Gasteiger partial charge < -0.3 is 9.72 Å². The molecule has 0 saturated heterocycles. The number of Topliss-reactive ketones (excluding diaryl/α,β-unsaturated/α-hetero) is 1. The van der Waals surface area contributed by atoms with Gasteiger partial charge in [-0.2, -0.15) is 0 Å². The first-order valence-corrected chi connectivity index (χ1v) is 3.85. The van der Waals surface area contributed by atoms with Crippen LogP contribution in [0.15, 0.2) is 6.07 Å². The van der Waals surface area contributed by atoms with Gasteiger partial charge in [-0.1, -0.05) is 0 Å². The number of hydrogen-bond acceptors (Lipinski definition) is 3. The number of ether oxygens (including phenoxy) is 1. The molecule has 1 rings (SSSR count). The Morgan fingerprint density at radius 3 is 2.46 bits per heavy atom. The molecule has 0 fully saturated rings. The minimum atomic E-state index is -0.454. The van der Waals surface area contributed by atoms with Crippen LogP contribution >= 0.6 is 0 Å². The number of aromatic nitrogens is 1. The number of hydrogen-bond donors (Lipinski definition) is 1. The van der Waals surface area contributed by atoms with Gasteiger partial charge >= 0.3 is 5.97 Å². The summed E-state index contributed by atoms with van der Waals surface area (Å²) in [6.07, 6.45) is 0. The smallest absolute Gasteiger partial charge is 0.354 e. The molecule has 0 aliphatic carbocycles. The van der Waals surface area contributed by atoms with E-state index in [2.05, 4.69) is 9.72 Å². The average Bonchev–Trinajstić information content (AvgIpc) is 2.46. The molecule has 13 heavy (non-hydrogen) atoms. The molecule has 0 amide bonds. The van der Waals surface area contributed by atoms with E-state index in [1.165, 1.54) is 14.0 Å². The van der Waals surface area contributed by atoms with E-state index in [4.69, 9.17) is 0 Å². The molecule has 0 spiro atoms. The zero-order valence-corrected chi connectivity index (χ0v) is 7.80. The van der Waals surface area contributed by atoms with Crippen molar-refractivity contribution < 1.29 is 14.3 Å². The molecule has 0 bridgehead atoms. The lowest BCUT2D eigenvalue weighted by Gasteiger charge is -1.95. The Morgan fingerprint density at radius 1 is 1.46 bits per heavy atom. The normalized spacial score (nSPS) is 9.77. The lowest BCUT2D eigenvalue weighted by Crippen LogP contribution is -2.04. The second kappa shape index (κ2) is 3.43. The average molecular weight is 181 g/mol. The maximum atomic E-state index is 11.1. The van der Waals surface area contributed by atoms with Crippen molar-refractivity contribution in [2.45, 2.75) is 13.8 Å². The van der Waals surface area contributed by atoms with E-state index in [0.717, 1.165) is 5.56 Å². The maximum absolute atomic E-state index is 11.1. The Kier molecular flexibility index (Phi) is 2.51. The summed E-state index contributed by atoms with van der Waals surface area (Å²) in [6, 6.07) is 1.63. The minimum Gasteiger partial charge on any atom is -0.464 e. The van der Waals surface area contributed by atoms with Gasteiger partial charge in [-0.15, -0.1) is 0 Å². The molecule has 0 atom stereocenters. The highest BCUT2D eigenvalue weighted by molar-refractivity contribution is 5.96. The Morgan fingerprint density at radius 2 is 2.08 bits per heavy atom. The van der Waals surface area contributed by atoms with Gasteiger partial charge in [-0.05, 0) is 18.6 Å². The van der Waals surface area contributed by atoms with Gasteiger partial charge in [0, 0.05) is 6.92 Å². The minimum absolute atomic E-state index is 0.0988. The predicted octanol–water partition coefficient (Wildman–Crippen LogP) is 1.31. The van der Waals surface area contributed by atoms with Crippen LogP contribution in [0.4, 0.5) is 0 Å². The molecule has 0 aliphatic rings. The van der Waals surface area contributed by atoms with Gasteiger partial charge in [0.1, 0.15) is 5.69 Å². The third-order valence-electron chi connectivity index (χ3n) is 1.78. The van der Waals surface area contributed by atoms with E-state index < -0.39 is 5.97 Å². The Balaban J connectivity index is 3.10. The van der Waals surface area contributed by atoms with Crippen molar-refractivity contribution >= 4 is 11.8 Å². The quantitative estimate of drug-likeness (QED) is 0.552. The number of aromatic amines is 1. The lowest BCUT2D eigenvalue weighted by molar-refractivity contribution is 0.0594. The van der Waals surface area contributed by atoms with Crippen molar-refractivity contribution in [1.82, 2.24) is 4.98 Å². The second-order valence-electron chi connectivity index (χ2n) is 2.79. The van der Waals surface area contributed by atoms with E-state index in [1.807, 2.05) is 0 Å². The fraction of sp³-hybridized carbons (Fsp3) is 0.333. The molecule has 0 aliphatic heterocycles. The number of nitrogens with one attached hydrogen (secondary N) is 1. The third-order valence-corrected chi connectivity index (χ3v) is 1.78. The fourth-order valence-corrected chi connectivity index (χ4v) is 1.06. The van der Waals surface area contributed by atoms with Crippen LogP contribution in [0.5, 0.6) is 0 Å².